The number of ether oxygens (including phenoxy) is 1. The van der Waals surface area contributed by atoms with Crippen molar-refractivity contribution in [1.82, 2.24) is 0 Å². The summed E-state index contributed by atoms with van der Waals surface area (Å²) in [6.45, 7) is 0. The van der Waals surface area contributed by atoms with Gasteiger partial charge < -0.3 is 9.15 Å². The molecule has 0 atom stereocenters. The molecule has 110 valence electrons. The topological polar surface area (TPSA) is 22.4 Å². The van der Waals surface area contributed by atoms with Crippen LogP contribution in [0.3, 0.4) is 0 Å². The van der Waals surface area contributed by atoms with E-state index >= 15 is 0 Å². The lowest BCUT2D eigenvalue weighted by Gasteiger charge is -2.07. The van der Waals surface area contributed by atoms with Crippen LogP contribution >= 0.6 is 0 Å². The molecule has 1 aliphatic carbocycles. The molecule has 5 rings (SSSR count). The van der Waals surface area contributed by atoms with E-state index < -0.39 is 0 Å². The molecule has 23 heavy (non-hydrogen) atoms. The van der Waals surface area contributed by atoms with Gasteiger partial charge in [0, 0.05) is 10.9 Å². The number of hydrogen-bond donors (Lipinski definition) is 0. The summed E-state index contributed by atoms with van der Waals surface area (Å²) in [5.74, 6) is 0.872. The average Bonchev–Trinajstić information content (AvgIpc) is 2.96. The van der Waals surface area contributed by atoms with Crippen LogP contribution in [0.4, 0.5) is 0 Å². The molecule has 3 aromatic carbocycles. The van der Waals surface area contributed by atoms with Crippen LogP contribution in [0, 0.1) is 0 Å². The first-order chi connectivity index (χ1) is 11.4. The highest BCUT2D eigenvalue weighted by Crippen LogP contribution is 2.49. The van der Waals surface area contributed by atoms with Crippen LogP contribution in [-0.2, 0) is 0 Å². The van der Waals surface area contributed by atoms with Gasteiger partial charge in [-0.15, -0.1) is 0 Å². The van der Waals surface area contributed by atoms with E-state index in [1.807, 2.05) is 12.1 Å². The maximum Gasteiger partial charge on any atom is 0.135 e. The predicted octanol–water partition coefficient (Wildman–Crippen LogP) is 5.80. The molecule has 0 N–H and O–H groups in total. The lowest BCUT2D eigenvalue weighted by atomic mass is 10.00. The summed E-state index contributed by atoms with van der Waals surface area (Å²) in [6.07, 6.45) is 1.78. The molecule has 0 saturated heterocycles. The molecule has 0 unspecified atom stereocenters. The second-order valence-electron chi connectivity index (χ2n) is 5.78. The Hall–Kier alpha value is -3.00. The zero-order valence-corrected chi connectivity index (χ0v) is 12.7. The minimum atomic E-state index is 0.872. The van der Waals surface area contributed by atoms with Gasteiger partial charge in [0.15, 0.2) is 0 Å². The number of benzene rings is 3. The maximum absolute atomic E-state index is 5.72. The van der Waals surface area contributed by atoms with Crippen LogP contribution in [0.1, 0.15) is 0 Å². The highest BCUT2D eigenvalue weighted by Gasteiger charge is 2.23. The Morgan fingerprint density at radius 3 is 2.52 bits per heavy atom. The Labute approximate surface area is 133 Å². The maximum atomic E-state index is 5.72. The third-order valence-corrected chi connectivity index (χ3v) is 4.62. The third-order valence-electron chi connectivity index (χ3n) is 4.62. The molecule has 2 heteroatoms. The van der Waals surface area contributed by atoms with Crippen molar-refractivity contribution in [1.29, 1.82) is 0 Å². The Morgan fingerprint density at radius 2 is 1.70 bits per heavy atom. The lowest BCUT2D eigenvalue weighted by molar-refractivity contribution is 0.415. The number of hydrogen-bond acceptors (Lipinski definition) is 2. The van der Waals surface area contributed by atoms with E-state index in [1.54, 1.807) is 13.4 Å². The van der Waals surface area contributed by atoms with Crippen molar-refractivity contribution >= 4 is 21.7 Å². The minimum Gasteiger partial charge on any atom is -0.497 e. The predicted molar refractivity (Wildman–Crippen MR) is 93.5 cm³/mol. The van der Waals surface area contributed by atoms with Crippen molar-refractivity contribution in [3.63, 3.8) is 0 Å². The van der Waals surface area contributed by atoms with E-state index in [-0.39, 0.29) is 0 Å². The van der Waals surface area contributed by atoms with Crippen LogP contribution in [-0.4, -0.2) is 7.11 Å². The molecule has 1 heterocycles. The Balaban J connectivity index is 1.93. The first kappa shape index (κ1) is 12.5. The van der Waals surface area contributed by atoms with Gasteiger partial charge in [0.2, 0.25) is 0 Å². The van der Waals surface area contributed by atoms with Gasteiger partial charge in [-0.1, -0.05) is 36.4 Å². The second-order valence-corrected chi connectivity index (χ2v) is 5.78. The first-order valence-corrected chi connectivity index (χ1v) is 7.65. The molecule has 0 fully saturated rings. The second kappa shape index (κ2) is 4.50. The summed E-state index contributed by atoms with van der Waals surface area (Å²) in [5, 5.41) is 3.81. The minimum absolute atomic E-state index is 0.872. The van der Waals surface area contributed by atoms with Crippen molar-refractivity contribution in [2.24, 2.45) is 0 Å². The van der Waals surface area contributed by atoms with Crippen LogP contribution < -0.4 is 4.74 Å². The van der Waals surface area contributed by atoms with E-state index in [2.05, 4.69) is 48.5 Å². The van der Waals surface area contributed by atoms with E-state index in [4.69, 9.17) is 9.15 Å². The zero-order chi connectivity index (χ0) is 15.4. The van der Waals surface area contributed by atoms with Gasteiger partial charge in [0.05, 0.1) is 13.4 Å². The first-order valence-electron chi connectivity index (χ1n) is 7.65. The summed E-state index contributed by atoms with van der Waals surface area (Å²) < 4.78 is 11.0. The monoisotopic (exact) mass is 298 g/mol. The molecule has 3 aromatic rings. The summed E-state index contributed by atoms with van der Waals surface area (Å²) in [4.78, 5) is 0. The Kier molecular flexibility index (Phi) is 2.45. The smallest absolute Gasteiger partial charge is 0.135 e. The fourth-order valence-corrected chi connectivity index (χ4v) is 3.61. The van der Waals surface area contributed by atoms with Crippen LogP contribution in [0.15, 0.2) is 71.3 Å². The number of rotatable bonds is 2. The van der Waals surface area contributed by atoms with E-state index in [0.717, 1.165) is 11.3 Å². The summed E-state index contributed by atoms with van der Waals surface area (Å²) >= 11 is 0. The van der Waals surface area contributed by atoms with E-state index in [1.165, 1.54) is 38.4 Å². The summed E-state index contributed by atoms with van der Waals surface area (Å²) in [7, 11) is 1.69. The molecule has 0 amide bonds. The fourth-order valence-electron chi connectivity index (χ4n) is 3.61. The fraction of sp³-hybridized carbons (Fsp3) is 0.0476. The van der Waals surface area contributed by atoms with E-state index in [0.29, 0.717) is 0 Å². The zero-order valence-electron chi connectivity index (χ0n) is 12.7. The molecule has 1 aliphatic heterocycles. The van der Waals surface area contributed by atoms with Gasteiger partial charge in [0.1, 0.15) is 11.3 Å². The molecule has 0 radical (unpaired) electrons. The van der Waals surface area contributed by atoms with Gasteiger partial charge >= 0.3 is 0 Å². The molecular formula is C21H14O2. The molecule has 0 spiro atoms. The van der Waals surface area contributed by atoms with Gasteiger partial charge in [-0.05, 0) is 51.7 Å². The molecule has 2 aliphatic rings. The highest BCUT2D eigenvalue weighted by atomic mass is 16.5. The SMILES string of the molecule is COc1ccc(-c2c3ccoc4ccc5cccc2c5c4-3)cc1. The van der Waals surface area contributed by atoms with Crippen molar-refractivity contribution in [3.05, 3.63) is 66.9 Å². The third kappa shape index (κ3) is 1.63. The highest BCUT2D eigenvalue weighted by molar-refractivity contribution is 6.24. The van der Waals surface area contributed by atoms with Crippen molar-refractivity contribution < 1.29 is 9.15 Å². The van der Waals surface area contributed by atoms with Crippen molar-refractivity contribution in [2.75, 3.05) is 7.11 Å². The van der Waals surface area contributed by atoms with Gasteiger partial charge in [-0.2, -0.15) is 0 Å². The lowest BCUT2D eigenvalue weighted by Crippen LogP contribution is -1.83. The van der Waals surface area contributed by atoms with Crippen LogP contribution in [0.5, 0.6) is 5.75 Å². The molecule has 0 saturated carbocycles. The quantitative estimate of drug-likeness (QED) is 0.384. The van der Waals surface area contributed by atoms with Crippen LogP contribution in [0.2, 0.25) is 0 Å². The van der Waals surface area contributed by atoms with Crippen molar-refractivity contribution in [3.8, 4) is 28.0 Å². The van der Waals surface area contributed by atoms with Crippen LogP contribution in [0.25, 0.3) is 44.0 Å². The van der Waals surface area contributed by atoms with Gasteiger partial charge in [-0.3, -0.25) is 0 Å². The van der Waals surface area contributed by atoms with Gasteiger partial charge in [0.25, 0.3) is 0 Å². The summed E-state index contributed by atoms with van der Waals surface area (Å²) in [5.41, 5.74) is 5.85. The molecule has 0 aromatic heterocycles. The molecule has 0 bridgehead atoms. The largest absolute Gasteiger partial charge is 0.497 e. The Morgan fingerprint density at radius 1 is 0.826 bits per heavy atom. The average molecular weight is 298 g/mol. The molecular weight excluding hydrogens is 284 g/mol. The summed E-state index contributed by atoms with van der Waals surface area (Å²) in [6, 6.07) is 21.0. The van der Waals surface area contributed by atoms with Gasteiger partial charge in [-0.25, -0.2) is 0 Å². The van der Waals surface area contributed by atoms with E-state index in [9.17, 15) is 0 Å². The Bertz CT molecular complexity index is 1090. The van der Waals surface area contributed by atoms with Crippen molar-refractivity contribution in [2.45, 2.75) is 0 Å². The standard InChI is InChI=1S/C21H14O2/c1-22-15-8-5-14(6-9-15)19-16-4-2-3-13-7-10-18-21(20(13)16)17(19)11-12-23-18/h2-12H,1H3. The number of methoxy groups -OCH3 is 1. The molecule has 2 nitrogen and oxygen atoms in total. The normalized spacial score (nSPS) is 11.7.